The zero-order valence-electron chi connectivity index (χ0n) is 21.6. The summed E-state index contributed by atoms with van der Waals surface area (Å²) in [6, 6.07) is 17.4. The van der Waals surface area contributed by atoms with Gasteiger partial charge in [0.05, 0.1) is 12.0 Å². The summed E-state index contributed by atoms with van der Waals surface area (Å²) in [5.74, 6) is -1.02. The fraction of sp³-hybridized carbons (Fsp3) is 0.194. The molecule has 0 radical (unpaired) electrons. The van der Waals surface area contributed by atoms with E-state index in [1.807, 2.05) is 50.2 Å². The minimum atomic E-state index is -1.18. The Balaban J connectivity index is 1.51. The van der Waals surface area contributed by atoms with Gasteiger partial charge in [0.1, 0.15) is 23.0 Å². The molecule has 0 saturated carbocycles. The summed E-state index contributed by atoms with van der Waals surface area (Å²) >= 11 is 5.91. The zero-order valence-corrected chi connectivity index (χ0v) is 22.4. The van der Waals surface area contributed by atoms with Crippen molar-refractivity contribution < 1.29 is 23.5 Å². The molecule has 2 heterocycles. The topological polar surface area (TPSA) is 110 Å². The Kier molecular flexibility index (Phi) is 7.02. The first-order valence-electron chi connectivity index (χ1n) is 12.4. The molecule has 3 aromatic carbocycles. The van der Waals surface area contributed by atoms with E-state index in [9.17, 15) is 19.5 Å². The number of carbonyl (C=O) groups is 2. The first kappa shape index (κ1) is 26.3. The Labute approximate surface area is 229 Å². The molecule has 0 bridgehead atoms. The van der Waals surface area contributed by atoms with Crippen LogP contribution in [0.2, 0.25) is 5.02 Å². The molecule has 0 saturated heterocycles. The number of nitrogens with one attached hydrogen (secondary N) is 1. The summed E-state index contributed by atoms with van der Waals surface area (Å²) in [6.45, 7) is 5.50. The van der Waals surface area contributed by atoms with Gasteiger partial charge in [0.2, 0.25) is 5.91 Å². The molecular weight excluding hydrogens is 518 g/mol. The standard InChI is InChI=1S/C31H26ClNO6/c1-16-22-14-24-27(20-7-5-4-6-8-20)18(3)38-29(24)17(2)28(22)39-31(37)23(16)15-26(34)33-25(30(35)36)13-19-9-11-21(32)12-10-19/h4-12,14,25H,13,15H2,1-3H3,(H,33,34)(H,35,36). The third-order valence-corrected chi connectivity index (χ3v) is 7.27. The van der Waals surface area contributed by atoms with Crippen LogP contribution in [0.5, 0.6) is 0 Å². The lowest BCUT2D eigenvalue weighted by molar-refractivity contribution is -0.141. The van der Waals surface area contributed by atoms with Crippen LogP contribution in [0.4, 0.5) is 0 Å². The Morgan fingerprint density at radius 1 is 0.923 bits per heavy atom. The number of furan rings is 1. The van der Waals surface area contributed by atoms with Gasteiger partial charge in [-0.2, -0.15) is 0 Å². The molecular formula is C31H26ClNO6. The SMILES string of the molecule is Cc1oc2c(C)c3oc(=O)c(CC(=O)NC(Cc4ccc(Cl)cc4)C(=O)O)c(C)c3cc2c1-c1ccccc1. The van der Waals surface area contributed by atoms with E-state index in [1.54, 1.807) is 31.2 Å². The quantitative estimate of drug-likeness (QED) is 0.239. The minimum absolute atomic E-state index is 0.0723. The van der Waals surface area contributed by atoms with E-state index in [0.717, 1.165) is 22.3 Å². The summed E-state index contributed by atoms with van der Waals surface area (Å²) in [6.07, 6.45) is -0.246. The van der Waals surface area contributed by atoms with E-state index < -0.39 is 23.5 Å². The second-order valence-electron chi connectivity index (χ2n) is 9.61. The molecule has 7 nitrogen and oxygen atoms in total. The number of hydrogen-bond donors (Lipinski definition) is 2. The van der Waals surface area contributed by atoms with Crippen molar-refractivity contribution in [1.82, 2.24) is 5.32 Å². The smallest absolute Gasteiger partial charge is 0.340 e. The minimum Gasteiger partial charge on any atom is -0.480 e. The molecule has 39 heavy (non-hydrogen) atoms. The van der Waals surface area contributed by atoms with Gasteiger partial charge >= 0.3 is 11.6 Å². The maximum absolute atomic E-state index is 13.0. The summed E-state index contributed by atoms with van der Waals surface area (Å²) in [5.41, 5.74) is 4.52. The summed E-state index contributed by atoms with van der Waals surface area (Å²) < 4.78 is 11.8. The van der Waals surface area contributed by atoms with Gasteiger partial charge in [-0.05, 0) is 55.7 Å². The molecule has 1 atom stereocenters. The van der Waals surface area contributed by atoms with Crippen LogP contribution in [-0.2, 0) is 22.4 Å². The van der Waals surface area contributed by atoms with E-state index in [0.29, 0.717) is 38.3 Å². The van der Waals surface area contributed by atoms with Gasteiger partial charge in [0.25, 0.3) is 0 Å². The van der Waals surface area contributed by atoms with E-state index in [4.69, 9.17) is 20.4 Å². The maximum atomic E-state index is 13.0. The number of fused-ring (bicyclic) bond motifs is 2. The molecule has 1 amide bonds. The number of carbonyl (C=O) groups excluding carboxylic acids is 1. The number of benzene rings is 3. The number of hydrogen-bond acceptors (Lipinski definition) is 5. The van der Waals surface area contributed by atoms with Crippen molar-refractivity contribution in [2.24, 2.45) is 0 Å². The average molecular weight is 544 g/mol. The van der Waals surface area contributed by atoms with E-state index in [2.05, 4.69) is 5.32 Å². The zero-order chi connectivity index (χ0) is 27.8. The predicted octanol–water partition coefficient (Wildman–Crippen LogP) is 6.14. The van der Waals surface area contributed by atoms with Gasteiger partial charge in [0.15, 0.2) is 0 Å². The van der Waals surface area contributed by atoms with Crippen LogP contribution in [-0.4, -0.2) is 23.0 Å². The van der Waals surface area contributed by atoms with E-state index >= 15 is 0 Å². The molecule has 0 fully saturated rings. The van der Waals surface area contributed by atoms with Gasteiger partial charge in [-0.15, -0.1) is 0 Å². The number of carboxylic acids is 1. The second kappa shape index (κ2) is 10.4. The molecule has 198 valence electrons. The van der Waals surface area contributed by atoms with Gasteiger partial charge in [0, 0.05) is 33.3 Å². The normalized spacial score (nSPS) is 12.1. The highest BCUT2D eigenvalue weighted by molar-refractivity contribution is 6.30. The molecule has 1 unspecified atom stereocenters. The highest BCUT2D eigenvalue weighted by Gasteiger charge is 2.24. The lowest BCUT2D eigenvalue weighted by atomic mass is 9.96. The number of amides is 1. The predicted molar refractivity (Wildman–Crippen MR) is 150 cm³/mol. The van der Waals surface area contributed by atoms with E-state index in [1.165, 1.54) is 0 Å². The van der Waals surface area contributed by atoms with Gasteiger partial charge in [-0.3, -0.25) is 4.79 Å². The van der Waals surface area contributed by atoms with Gasteiger partial charge in [-0.1, -0.05) is 54.1 Å². The molecule has 8 heteroatoms. The van der Waals surface area contributed by atoms with E-state index in [-0.39, 0.29) is 18.4 Å². The molecule has 5 rings (SSSR count). The largest absolute Gasteiger partial charge is 0.480 e. The van der Waals surface area contributed by atoms with Crippen LogP contribution < -0.4 is 10.9 Å². The molecule has 2 N–H and O–H groups in total. The Hall–Kier alpha value is -4.36. The lowest BCUT2D eigenvalue weighted by Crippen LogP contribution is -2.43. The number of aryl methyl sites for hydroxylation is 3. The Bertz CT molecular complexity index is 1780. The molecule has 0 aliphatic carbocycles. The van der Waals surface area contributed by atoms with Crippen LogP contribution in [0.15, 0.2) is 74.3 Å². The van der Waals surface area contributed by atoms with Crippen LogP contribution in [0, 0.1) is 20.8 Å². The first-order chi connectivity index (χ1) is 18.6. The summed E-state index contributed by atoms with van der Waals surface area (Å²) in [5, 5.41) is 14.3. The Morgan fingerprint density at radius 2 is 1.59 bits per heavy atom. The first-order valence-corrected chi connectivity index (χ1v) is 12.8. The number of halogens is 1. The number of carboxylic acid groups (broad SMARTS) is 1. The van der Waals surface area contributed by atoms with Crippen molar-refractivity contribution in [1.29, 1.82) is 0 Å². The fourth-order valence-electron chi connectivity index (χ4n) is 5.00. The molecule has 0 aliphatic rings. The number of aliphatic carboxylic acids is 1. The third-order valence-electron chi connectivity index (χ3n) is 7.02. The molecule has 0 aliphatic heterocycles. The molecule has 5 aromatic rings. The lowest BCUT2D eigenvalue weighted by Gasteiger charge is -2.15. The summed E-state index contributed by atoms with van der Waals surface area (Å²) in [4.78, 5) is 37.8. The highest BCUT2D eigenvalue weighted by atomic mass is 35.5. The monoisotopic (exact) mass is 543 g/mol. The highest BCUT2D eigenvalue weighted by Crippen LogP contribution is 2.39. The van der Waals surface area contributed by atoms with Crippen molar-refractivity contribution in [3.8, 4) is 11.1 Å². The van der Waals surface area contributed by atoms with Crippen LogP contribution in [0.3, 0.4) is 0 Å². The van der Waals surface area contributed by atoms with Gasteiger partial charge < -0.3 is 19.3 Å². The van der Waals surface area contributed by atoms with Crippen molar-refractivity contribution in [2.45, 2.75) is 39.7 Å². The average Bonchev–Trinajstić information content (AvgIpc) is 3.24. The number of rotatable bonds is 7. The Morgan fingerprint density at radius 3 is 2.26 bits per heavy atom. The second-order valence-corrected chi connectivity index (χ2v) is 10.0. The fourth-order valence-corrected chi connectivity index (χ4v) is 5.13. The van der Waals surface area contributed by atoms with Crippen molar-refractivity contribution in [3.63, 3.8) is 0 Å². The van der Waals surface area contributed by atoms with Crippen molar-refractivity contribution >= 4 is 45.4 Å². The van der Waals surface area contributed by atoms with Gasteiger partial charge in [-0.25, -0.2) is 9.59 Å². The maximum Gasteiger partial charge on any atom is 0.340 e. The summed E-state index contributed by atoms with van der Waals surface area (Å²) in [7, 11) is 0. The van der Waals surface area contributed by atoms with Crippen LogP contribution in [0.1, 0.15) is 28.0 Å². The van der Waals surface area contributed by atoms with Crippen LogP contribution in [0.25, 0.3) is 33.1 Å². The third kappa shape index (κ3) is 5.05. The van der Waals surface area contributed by atoms with Crippen LogP contribution >= 0.6 is 11.6 Å². The van der Waals surface area contributed by atoms with Crippen molar-refractivity contribution in [3.05, 3.63) is 104 Å². The molecule has 2 aromatic heterocycles. The molecule has 0 spiro atoms. The van der Waals surface area contributed by atoms with Crippen molar-refractivity contribution in [2.75, 3.05) is 0 Å².